The van der Waals surface area contributed by atoms with E-state index in [4.69, 9.17) is 0 Å². The van der Waals surface area contributed by atoms with E-state index >= 15 is 0 Å². The quantitative estimate of drug-likeness (QED) is 0.760. The van der Waals surface area contributed by atoms with Crippen LogP contribution in [0, 0.1) is 28.8 Å². The monoisotopic (exact) mass is 301 g/mol. The topological polar surface area (TPSA) is 12.0 Å². The molecule has 0 aromatic heterocycles. The Morgan fingerprint density at radius 2 is 1.62 bits per heavy atom. The molecule has 2 unspecified atom stereocenters. The first-order valence-corrected chi connectivity index (χ1v) is 7.52. The molecule has 1 rings (SSSR count). The van der Waals surface area contributed by atoms with E-state index in [9.17, 15) is 13.2 Å². The van der Waals surface area contributed by atoms with Crippen LogP contribution in [-0.4, -0.2) is 6.54 Å². The summed E-state index contributed by atoms with van der Waals surface area (Å²) in [4.78, 5) is 0. The molecule has 0 amide bonds. The van der Waals surface area contributed by atoms with Gasteiger partial charge in [0.05, 0.1) is 0 Å². The molecule has 0 saturated heterocycles. The van der Waals surface area contributed by atoms with Crippen molar-refractivity contribution in [3.63, 3.8) is 0 Å². The highest BCUT2D eigenvalue weighted by atomic mass is 19.1. The summed E-state index contributed by atoms with van der Waals surface area (Å²) < 4.78 is 40.9. The molecule has 0 aliphatic carbocycles. The van der Waals surface area contributed by atoms with Crippen LogP contribution in [0.4, 0.5) is 13.2 Å². The Kier molecular flexibility index (Phi) is 6.26. The molecule has 2 atom stereocenters. The fourth-order valence-corrected chi connectivity index (χ4v) is 2.97. The van der Waals surface area contributed by atoms with Gasteiger partial charge in [-0.1, -0.05) is 34.6 Å². The molecular weight excluding hydrogens is 275 g/mol. The second-order valence-electron chi connectivity index (χ2n) is 7.00. The number of hydrogen-bond donors (Lipinski definition) is 1. The Bertz CT molecular complexity index is 443. The second kappa shape index (κ2) is 7.30. The standard InChI is InChI=1S/C17H26F3N/c1-6-21-15(7-11(2)10-17(3,4)5)16-13(19)8-12(18)9-14(16)20/h8-9,11,15,21H,6-7,10H2,1-5H3. The van der Waals surface area contributed by atoms with E-state index in [-0.39, 0.29) is 11.0 Å². The average Bonchev–Trinajstić information content (AvgIpc) is 2.24. The van der Waals surface area contributed by atoms with Gasteiger partial charge in [-0.25, -0.2) is 13.2 Å². The zero-order valence-corrected chi connectivity index (χ0v) is 13.6. The van der Waals surface area contributed by atoms with Crippen LogP contribution in [0.3, 0.4) is 0 Å². The molecule has 1 aromatic carbocycles. The van der Waals surface area contributed by atoms with Gasteiger partial charge in [-0.2, -0.15) is 0 Å². The van der Waals surface area contributed by atoms with Crippen LogP contribution in [0.2, 0.25) is 0 Å². The molecular formula is C17H26F3N. The largest absolute Gasteiger partial charge is 0.310 e. The lowest BCUT2D eigenvalue weighted by atomic mass is 9.82. The Morgan fingerprint density at radius 3 is 2.05 bits per heavy atom. The minimum absolute atomic E-state index is 0.0565. The maximum atomic E-state index is 14.0. The predicted molar refractivity (Wildman–Crippen MR) is 80.6 cm³/mol. The summed E-state index contributed by atoms with van der Waals surface area (Å²) in [5.41, 5.74) is 0.106. The molecule has 0 aliphatic heterocycles. The van der Waals surface area contributed by atoms with E-state index in [0.717, 1.165) is 18.6 Å². The third-order valence-corrected chi connectivity index (χ3v) is 3.44. The lowest BCUT2D eigenvalue weighted by molar-refractivity contribution is 0.273. The van der Waals surface area contributed by atoms with Gasteiger partial charge >= 0.3 is 0 Å². The summed E-state index contributed by atoms with van der Waals surface area (Å²) in [5, 5.41) is 3.11. The fraction of sp³-hybridized carbons (Fsp3) is 0.647. The molecule has 0 fully saturated rings. The number of halogens is 3. The SMILES string of the molecule is CCNC(CC(C)CC(C)(C)C)c1c(F)cc(F)cc1F. The molecule has 120 valence electrons. The number of rotatable bonds is 6. The highest BCUT2D eigenvalue weighted by molar-refractivity contribution is 5.24. The zero-order valence-electron chi connectivity index (χ0n) is 13.6. The minimum atomic E-state index is -0.883. The van der Waals surface area contributed by atoms with Gasteiger partial charge in [0.1, 0.15) is 17.5 Å². The van der Waals surface area contributed by atoms with Gasteiger partial charge in [-0.3, -0.25) is 0 Å². The summed E-state index contributed by atoms with van der Waals surface area (Å²) in [6, 6.07) is 1.06. The van der Waals surface area contributed by atoms with Crippen molar-refractivity contribution >= 4 is 0 Å². The van der Waals surface area contributed by atoms with E-state index in [2.05, 4.69) is 33.0 Å². The molecule has 0 aliphatic rings. The number of hydrogen-bond acceptors (Lipinski definition) is 1. The van der Waals surface area contributed by atoms with Crippen LogP contribution in [0.5, 0.6) is 0 Å². The molecule has 0 spiro atoms. The number of benzene rings is 1. The Labute approximate surface area is 125 Å². The van der Waals surface area contributed by atoms with Crippen molar-refractivity contribution in [2.45, 2.75) is 53.5 Å². The molecule has 21 heavy (non-hydrogen) atoms. The van der Waals surface area contributed by atoms with Gasteiger partial charge in [-0.15, -0.1) is 0 Å². The van der Waals surface area contributed by atoms with Gasteiger partial charge in [0.2, 0.25) is 0 Å². The molecule has 0 saturated carbocycles. The summed E-state index contributed by atoms with van der Waals surface area (Å²) in [5.74, 6) is -2.22. The van der Waals surface area contributed by atoms with Crippen LogP contribution in [0.15, 0.2) is 12.1 Å². The van der Waals surface area contributed by atoms with E-state index in [1.54, 1.807) is 0 Å². The summed E-state index contributed by atoms with van der Waals surface area (Å²) in [7, 11) is 0. The first kappa shape index (κ1) is 18.0. The second-order valence-corrected chi connectivity index (χ2v) is 7.00. The van der Waals surface area contributed by atoms with Gasteiger partial charge in [0.15, 0.2) is 0 Å². The van der Waals surface area contributed by atoms with Gasteiger partial charge in [-0.05, 0) is 30.7 Å². The van der Waals surface area contributed by atoms with Crippen molar-refractivity contribution < 1.29 is 13.2 Å². The Balaban J connectivity index is 2.97. The van der Waals surface area contributed by atoms with Gasteiger partial charge in [0.25, 0.3) is 0 Å². The fourth-order valence-electron chi connectivity index (χ4n) is 2.97. The average molecular weight is 301 g/mol. The van der Waals surface area contributed by atoms with E-state index in [0.29, 0.717) is 18.9 Å². The van der Waals surface area contributed by atoms with Crippen LogP contribution in [0.1, 0.15) is 59.1 Å². The Morgan fingerprint density at radius 1 is 1.10 bits per heavy atom. The summed E-state index contributed by atoms with van der Waals surface area (Å²) >= 11 is 0. The smallest absolute Gasteiger partial charge is 0.133 e. The van der Waals surface area contributed by atoms with Crippen LogP contribution >= 0.6 is 0 Å². The maximum absolute atomic E-state index is 14.0. The third kappa shape index (κ3) is 5.70. The minimum Gasteiger partial charge on any atom is -0.310 e. The van der Waals surface area contributed by atoms with E-state index in [1.807, 2.05) is 6.92 Å². The highest BCUT2D eigenvalue weighted by Gasteiger charge is 2.24. The predicted octanol–water partition coefficient (Wildman–Crippen LogP) is 5.22. The van der Waals surface area contributed by atoms with Crippen LogP contribution in [0.25, 0.3) is 0 Å². The van der Waals surface area contributed by atoms with Crippen LogP contribution in [-0.2, 0) is 0 Å². The molecule has 0 radical (unpaired) electrons. The Hall–Kier alpha value is -1.03. The van der Waals surface area contributed by atoms with Gasteiger partial charge < -0.3 is 5.32 Å². The molecule has 4 heteroatoms. The first-order chi connectivity index (χ1) is 9.64. The first-order valence-electron chi connectivity index (χ1n) is 7.52. The van der Waals surface area contributed by atoms with Gasteiger partial charge in [0, 0.05) is 23.7 Å². The lowest BCUT2D eigenvalue weighted by Crippen LogP contribution is -2.26. The van der Waals surface area contributed by atoms with Crippen molar-refractivity contribution in [2.24, 2.45) is 11.3 Å². The van der Waals surface area contributed by atoms with E-state index < -0.39 is 23.5 Å². The van der Waals surface area contributed by atoms with Crippen molar-refractivity contribution in [3.8, 4) is 0 Å². The van der Waals surface area contributed by atoms with Crippen molar-refractivity contribution in [1.82, 2.24) is 5.32 Å². The maximum Gasteiger partial charge on any atom is 0.133 e. The normalized spacial score (nSPS) is 15.0. The lowest BCUT2D eigenvalue weighted by Gasteiger charge is -2.27. The molecule has 1 N–H and O–H groups in total. The summed E-state index contributed by atoms with van der Waals surface area (Å²) in [6.45, 7) is 11.0. The van der Waals surface area contributed by atoms with E-state index in [1.165, 1.54) is 0 Å². The third-order valence-electron chi connectivity index (χ3n) is 3.44. The zero-order chi connectivity index (χ0) is 16.2. The summed E-state index contributed by atoms with van der Waals surface area (Å²) in [6.07, 6.45) is 1.57. The highest BCUT2D eigenvalue weighted by Crippen LogP contribution is 2.32. The van der Waals surface area contributed by atoms with Crippen molar-refractivity contribution in [3.05, 3.63) is 35.1 Å². The molecule has 1 nitrogen and oxygen atoms in total. The van der Waals surface area contributed by atoms with Crippen molar-refractivity contribution in [2.75, 3.05) is 6.54 Å². The van der Waals surface area contributed by atoms with Crippen LogP contribution < -0.4 is 5.32 Å². The molecule has 0 heterocycles. The van der Waals surface area contributed by atoms with Crippen molar-refractivity contribution in [1.29, 1.82) is 0 Å². The molecule has 1 aromatic rings. The number of nitrogens with one attached hydrogen (secondary N) is 1. The molecule has 0 bridgehead atoms.